The molecule has 2 amide bonds. The Hall–Kier alpha value is -3.35. The number of hydrogen-bond donors (Lipinski definition) is 2. The molecule has 3 rings (SSSR count). The molecule has 1 aromatic carbocycles. The molecule has 1 aliphatic heterocycles. The molecule has 178 valence electrons. The number of carbonyl (C=O) groups excluding carboxylic acids is 2. The third-order valence-corrected chi connectivity index (χ3v) is 5.74. The number of nitrogens with two attached hydrogens (primary N) is 1. The molecule has 0 radical (unpaired) electrons. The highest BCUT2D eigenvalue weighted by Crippen LogP contribution is 2.54. The topological polar surface area (TPSA) is 116 Å². The maximum Gasteiger partial charge on any atom is 0.417 e. The molecule has 13 heteroatoms. The SMILES string of the molecule is COc1c([C@@H]2[C@@H](C(=O)Nc3cc(C(N)=O)ncn3)O[C@@](C)(C(F)(F)F)[C@@H]2C)ccc(F)c1F. The molecule has 0 saturated carbocycles. The average molecular weight is 474 g/mol. The molecular formula is C20H19F5N4O4. The Morgan fingerprint density at radius 1 is 1.24 bits per heavy atom. The number of amides is 2. The van der Waals surface area contributed by atoms with Crippen LogP contribution in [0.5, 0.6) is 5.75 Å². The number of rotatable bonds is 5. The van der Waals surface area contributed by atoms with Crippen LogP contribution in [0.2, 0.25) is 0 Å². The lowest BCUT2D eigenvalue weighted by atomic mass is 9.77. The van der Waals surface area contributed by atoms with Gasteiger partial charge in [0.05, 0.1) is 7.11 Å². The summed E-state index contributed by atoms with van der Waals surface area (Å²) in [6.45, 7) is 1.95. The predicted octanol–water partition coefficient (Wildman–Crippen LogP) is 2.94. The minimum atomic E-state index is -4.90. The van der Waals surface area contributed by atoms with Gasteiger partial charge in [0.2, 0.25) is 5.82 Å². The van der Waals surface area contributed by atoms with E-state index in [9.17, 15) is 31.5 Å². The second kappa shape index (κ2) is 8.54. The highest BCUT2D eigenvalue weighted by molar-refractivity contribution is 5.96. The van der Waals surface area contributed by atoms with Crippen molar-refractivity contribution in [3.63, 3.8) is 0 Å². The first-order chi connectivity index (χ1) is 15.3. The first-order valence-electron chi connectivity index (χ1n) is 9.51. The fraction of sp³-hybridized carbons (Fsp3) is 0.400. The van der Waals surface area contributed by atoms with Gasteiger partial charge in [-0.1, -0.05) is 13.0 Å². The summed E-state index contributed by atoms with van der Waals surface area (Å²) in [6, 6.07) is 2.79. The molecule has 8 nitrogen and oxygen atoms in total. The zero-order chi connectivity index (χ0) is 24.7. The Kier molecular flexibility index (Phi) is 6.29. The summed E-state index contributed by atoms with van der Waals surface area (Å²) in [6.07, 6.45) is -5.79. The molecule has 4 atom stereocenters. The van der Waals surface area contributed by atoms with Crippen molar-refractivity contribution < 1.29 is 41.0 Å². The molecule has 1 saturated heterocycles. The molecule has 33 heavy (non-hydrogen) atoms. The minimum Gasteiger partial charge on any atom is -0.493 e. The normalized spacial score (nSPS) is 25.0. The predicted molar refractivity (Wildman–Crippen MR) is 103 cm³/mol. The zero-order valence-corrected chi connectivity index (χ0v) is 17.5. The van der Waals surface area contributed by atoms with Gasteiger partial charge in [-0.25, -0.2) is 14.4 Å². The number of anilines is 1. The maximum atomic E-state index is 14.3. The van der Waals surface area contributed by atoms with Gasteiger partial charge in [0.25, 0.3) is 11.8 Å². The van der Waals surface area contributed by atoms with Gasteiger partial charge in [-0.05, 0) is 13.0 Å². The molecular weight excluding hydrogens is 455 g/mol. The van der Waals surface area contributed by atoms with Gasteiger partial charge in [0.1, 0.15) is 23.9 Å². The van der Waals surface area contributed by atoms with Gasteiger partial charge in [0.15, 0.2) is 17.2 Å². The van der Waals surface area contributed by atoms with Crippen molar-refractivity contribution in [3.05, 3.63) is 47.4 Å². The number of hydrogen-bond acceptors (Lipinski definition) is 6. The van der Waals surface area contributed by atoms with Gasteiger partial charge in [0, 0.05) is 23.5 Å². The van der Waals surface area contributed by atoms with Crippen LogP contribution in [-0.4, -0.2) is 46.8 Å². The molecule has 0 aliphatic carbocycles. The Bertz CT molecular complexity index is 1100. The maximum absolute atomic E-state index is 14.3. The Labute approximate surface area is 184 Å². The van der Waals surface area contributed by atoms with E-state index in [0.29, 0.717) is 0 Å². The van der Waals surface area contributed by atoms with E-state index in [1.54, 1.807) is 0 Å². The number of nitrogens with one attached hydrogen (secondary N) is 1. The summed E-state index contributed by atoms with van der Waals surface area (Å²) in [5.74, 6) is -8.36. The number of halogens is 5. The molecule has 1 aromatic heterocycles. The zero-order valence-electron chi connectivity index (χ0n) is 17.5. The summed E-state index contributed by atoms with van der Waals surface area (Å²) in [4.78, 5) is 31.6. The highest BCUT2D eigenvalue weighted by Gasteiger charge is 2.65. The van der Waals surface area contributed by atoms with Gasteiger partial charge in [-0.15, -0.1) is 0 Å². The quantitative estimate of drug-likeness (QED) is 0.644. The lowest BCUT2D eigenvalue weighted by Gasteiger charge is -2.32. The van der Waals surface area contributed by atoms with Crippen molar-refractivity contribution >= 4 is 17.6 Å². The van der Waals surface area contributed by atoms with E-state index in [-0.39, 0.29) is 17.1 Å². The number of benzene rings is 1. The fourth-order valence-electron chi connectivity index (χ4n) is 3.80. The molecule has 0 spiro atoms. The summed E-state index contributed by atoms with van der Waals surface area (Å²) in [5.41, 5.74) is 1.88. The van der Waals surface area contributed by atoms with E-state index < -0.39 is 58.9 Å². The number of aromatic nitrogens is 2. The third kappa shape index (κ3) is 4.19. The first kappa shape index (κ1) is 24.3. The van der Waals surface area contributed by atoms with Crippen LogP contribution in [0, 0.1) is 17.6 Å². The summed E-state index contributed by atoms with van der Waals surface area (Å²) >= 11 is 0. The van der Waals surface area contributed by atoms with E-state index in [2.05, 4.69) is 15.3 Å². The van der Waals surface area contributed by atoms with Crippen molar-refractivity contribution in [2.45, 2.75) is 37.6 Å². The van der Waals surface area contributed by atoms with E-state index >= 15 is 0 Å². The van der Waals surface area contributed by atoms with Crippen LogP contribution in [0.1, 0.15) is 35.8 Å². The van der Waals surface area contributed by atoms with Crippen LogP contribution in [0.3, 0.4) is 0 Å². The second-order valence-electron chi connectivity index (χ2n) is 7.58. The fourth-order valence-corrected chi connectivity index (χ4v) is 3.80. The Morgan fingerprint density at radius 2 is 1.91 bits per heavy atom. The largest absolute Gasteiger partial charge is 0.493 e. The van der Waals surface area contributed by atoms with Crippen LogP contribution in [-0.2, 0) is 9.53 Å². The van der Waals surface area contributed by atoms with Crippen LogP contribution in [0.15, 0.2) is 24.5 Å². The summed E-state index contributed by atoms with van der Waals surface area (Å²) in [7, 11) is 1.02. The number of alkyl halides is 3. The molecule has 3 N–H and O–H groups in total. The van der Waals surface area contributed by atoms with Gasteiger partial charge < -0.3 is 20.5 Å². The van der Waals surface area contributed by atoms with Crippen LogP contribution in [0.4, 0.5) is 27.8 Å². The summed E-state index contributed by atoms with van der Waals surface area (Å²) < 4.78 is 80.0. The number of ether oxygens (including phenoxy) is 2. The van der Waals surface area contributed by atoms with Gasteiger partial charge >= 0.3 is 6.18 Å². The van der Waals surface area contributed by atoms with Crippen molar-refractivity contribution in [1.82, 2.24) is 9.97 Å². The molecule has 1 fully saturated rings. The minimum absolute atomic E-state index is 0.183. The van der Waals surface area contributed by atoms with Crippen LogP contribution >= 0.6 is 0 Å². The van der Waals surface area contributed by atoms with E-state index in [1.807, 2.05) is 0 Å². The molecule has 2 heterocycles. The van der Waals surface area contributed by atoms with E-state index in [4.69, 9.17) is 15.2 Å². The number of primary amides is 1. The molecule has 0 bridgehead atoms. The van der Waals surface area contributed by atoms with Crippen LogP contribution < -0.4 is 15.8 Å². The third-order valence-electron chi connectivity index (χ3n) is 5.74. The molecule has 1 aliphatic rings. The van der Waals surface area contributed by atoms with Crippen molar-refractivity contribution in [3.8, 4) is 5.75 Å². The summed E-state index contributed by atoms with van der Waals surface area (Å²) in [5, 5.41) is 2.25. The smallest absolute Gasteiger partial charge is 0.417 e. The van der Waals surface area contributed by atoms with E-state index in [0.717, 1.165) is 38.6 Å². The lowest BCUT2D eigenvalue weighted by Crippen LogP contribution is -2.47. The number of carbonyl (C=O) groups is 2. The van der Waals surface area contributed by atoms with Crippen LogP contribution in [0.25, 0.3) is 0 Å². The number of nitrogens with zero attached hydrogens (tertiary/aromatic N) is 2. The van der Waals surface area contributed by atoms with Crippen molar-refractivity contribution in [1.29, 1.82) is 0 Å². The van der Waals surface area contributed by atoms with Gasteiger partial charge in [-0.2, -0.15) is 17.6 Å². The second-order valence-corrected chi connectivity index (χ2v) is 7.58. The van der Waals surface area contributed by atoms with E-state index in [1.165, 1.54) is 6.92 Å². The van der Waals surface area contributed by atoms with Crippen molar-refractivity contribution in [2.75, 3.05) is 12.4 Å². The highest BCUT2D eigenvalue weighted by atomic mass is 19.4. The Morgan fingerprint density at radius 3 is 2.48 bits per heavy atom. The monoisotopic (exact) mass is 474 g/mol. The standard InChI is InChI=1S/C20H19F5N4O4/c1-8-13(9-4-5-10(21)14(22)15(9)32-3)16(33-19(8,2)20(23,24)25)18(31)29-12-6-11(17(26)30)27-7-28-12/h4-8,13,16H,1-3H3,(H2,26,30)(H,27,28,29,31)/t8-,13-,16+,19-/m1/s1. The number of methoxy groups -OCH3 is 1. The Balaban J connectivity index is 2.07. The van der Waals surface area contributed by atoms with Gasteiger partial charge in [-0.3, -0.25) is 9.59 Å². The lowest BCUT2D eigenvalue weighted by molar-refractivity contribution is -0.272. The molecule has 0 unspecified atom stereocenters. The van der Waals surface area contributed by atoms with Crippen molar-refractivity contribution in [2.24, 2.45) is 11.7 Å². The first-order valence-corrected chi connectivity index (χ1v) is 9.51. The molecule has 2 aromatic rings. The average Bonchev–Trinajstić information content (AvgIpc) is 3.02.